The molecule has 0 spiro atoms. The molecule has 0 radical (unpaired) electrons. The molecule has 2 rings (SSSR count). The predicted octanol–water partition coefficient (Wildman–Crippen LogP) is 3.42. The van der Waals surface area contributed by atoms with Gasteiger partial charge in [0.2, 0.25) is 5.88 Å². The maximum atomic E-state index is 5.52. The summed E-state index contributed by atoms with van der Waals surface area (Å²) in [5.41, 5.74) is 1.01. The number of rotatable bonds is 4. The molecule has 1 N–H and O–H groups in total. The average molecular weight is 263 g/mol. The van der Waals surface area contributed by atoms with Gasteiger partial charge in [0.05, 0.1) is 12.2 Å². The van der Waals surface area contributed by atoms with Gasteiger partial charge in [-0.05, 0) is 44.9 Å². The van der Waals surface area contributed by atoms with E-state index < -0.39 is 0 Å². The summed E-state index contributed by atoms with van der Waals surface area (Å²) in [7, 11) is 0. The van der Waals surface area contributed by atoms with Crippen LogP contribution in [0.3, 0.4) is 0 Å². The molecule has 106 valence electrons. The zero-order chi connectivity index (χ0) is 13.8. The van der Waals surface area contributed by atoms with Crippen LogP contribution >= 0.6 is 0 Å². The molecule has 1 aliphatic carbocycles. The lowest BCUT2D eigenvalue weighted by Crippen LogP contribution is -2.30. The second kappa shape index (κ2) is 6.22. The summed E-state index contributed by atoms with van der Waals surface area (Å²) in [5.74, 6) is 3.19. The average Bonchev–Trinajstić information content (AvgIpc) is 2.33. The molecule has 1 heterocycles. The summed E-state index contributed by atoms with van der Waals surface area (Å²) in [4.78, 5) is 8.54. The first-order chi connectivity index (χ1) is 9.10. The highest BCUT2D eigenvalue weighted by atomic mass is 16.5. The van der Waals surface area contributed by atoms with Crippen LogP contribution in [0.25, 0.3) is 0 Å². The van der Waals surface area contributed by atoms with Crippen molar-refractivity contribution in [2.24, 2.45) is 11.8 Å². The van der Waals surface area contributed by atoms with Crippen LogP contribution in [0.4, 0.5) is 5.82 Å². The minimum absolute atomic E-state index is 0.516. The van der Waals surface area contributed by atoms with Crippen LogP contribution in [0.5, 0.6) is 5.88 Å². The van der Waals surface area contributed by atoms with Crippen LogP contribution in [-0.4, -0.2) is 22.6 Å². The summed E-state index contributed by atoms with van der Waals surface area (Å²) in [5, 5.41) is 3.58. The Hall–Kier alpha value is -1.32. The second-order valence-corrected chi connectivity index (χ2v) is 5.84. The lowest BCUT2D eigenvalue weighted by molar-refractivity contribution is 0.280. The fourth-order valence-corrected chi connectivity index (χ4v) is 3.12. The SMILES string of the molecule is CCOc1ncnc(NC2CC(C)CC(C)C2)c1C. The van der Waals surface area contributed by atoms with Crippen LogP contribution < -0.4 is 10.1 Å². The monoisotopic (exact) mass is 263 g/mol. The Morgan fingerprint density at radius 3 is 2.53 bits per heavy atom. The van der Waals surface area contributed by atoms with E-state index in [1.165, 1.54) is 19.3 Å². The van der Waals surface area contributed by atoms with Crippen LogP contribution in [-0.2, 0) is 0 Å². The number of hydrogen-bond donors (Lipinski definition) is 1. The normalized spacial score (nSPS) is 27.1. The van der Waals surface area contributed by atoms with E-state index >= 15 is 0 Å². The Bertz CT molecular complexity index is 412. The van der Waals surface area contributed by atoms with Gasteiger partial charge in [-0.15, -0.1) is 0 Å². The third kappa shape index (κ3) is 3.58. The van der Waals surface area contributed by atoms with E-state index in [4.69, 9.17) is 4.74 Å². The van der Waals surface area contributed by atoms with E-state index in [0.29, 0.717) is 18.5 Å². The Morgan fingerprint density at radius 2 is 1.89 bits per heavy atom. The van der Waals surface area contributed by atoms with Crippen molar-refractivity contribution in [2.75, 3.05) is 11.9 Å². The molecule has 1 aromatic rings. The fourth-order valence-electron chi connectivity index (χ4n) is 3.12. The smallest absolute Gasteiger partial charge is 0.221 e. The molecule has 19 heavy (non-hydrogen) atoms. The van der Waals surface area contributed by atoms with Crippen molar-refractivity contribution in [2.45, 2.75) is 53.0 Å². The van der Waals surface area contributed by atoms with Gasteiger partial charge in [0.1, 0.15) is 12.1 Å². The van der Waals surface area contributed by atoms with Gasteiger partial charge in [-0.2, -0.15) is 0 Å². The van der Waals surface area contributed by atoms with Crippen LogP contribution in [0, 0.1) is 18.8 Å². The number of hydrogen-bond acceptors (Lipinski definition) is 4. The molecule has 0 aromatic carbocycles. The topological polar surface area (TPSA) is 47.0 Å². The highest BCUT2D eigenvalue weighted by molar-refractivity contribution is 5.48. The summed E-state index contributed by atoms with van der Waals surface area (Å²) >= 11 is 0. The van der Waals surface area contributed by atoms with Gasteiger partial charge in [0.15, 0.2) is 0 Å². The standard InChI is InChI=1S/C15H25N3O/c1-5-19-15-12(4)14(16-9-17-15)18-13-7-10(2)6-11(3)8-13/h9-11,13H,5-8H2,1-4H3,(H,16,17,18). The predicted molar refractivity (Wildman–Crippen MR) is 77.5 cm³/mol. The van der Waals surface area contributed by atoms with Gasteiger partial charge >= 0.3 is 0 Å². The lowest BCUT2D eigenvalue weighted by Gasteiger charge is -2.32. The number of anilines is 1. The van der Waals surface area contributed by atoms with Crippen LogP contribution in [0.15, 0.2) is 6.33 Å². The zero-order valence-corrected chi connectivity index (χ0v) is 12.4. The zero-order valence-electron chi connectivity index (χ0n) is 12.4. The Balaban J connectivity index is 2.08. The van der Waals surface area contributed by atoms with E-state index in [2.05, 4.69) is 29.1 Å². The van der Waals surface area contributed by atoms with Crippen molar-refractivity contribution in [1.82, 2.24) is 9.97 Å². The molecule has 0 bridgehead atoms. The Labute approximate surface area is 116 Å². The molecule has 1 aromatic heterocycles. The van der Waals surface area contributed by atoms with Gasteiger partial charge in [-0.3, -0.25) is 0 Å². The van der Waals surface area contributed by atoms with Gasteiger partial charge < -0.3 is 10.1 Å². The van der Waals surface area contributed by atoms with E-state index in [-0.39, 0.29) is 0 Å². The van der Waals surface area contributed by atoms with Crippen molar-refractivity contribution in [3.8, 4) is 5.88 Å². The molecule has 0 aliphatic heterocycles. The first-order valence-electron chi connectivity index (χ1n) is 7.31. The van der Waals surface area contributed by atoms with Gasteiger partial charge in [0.25, 0.3) is 0 Å². The highest BCUT2D eigenvalue weighted by Gasteiger charge is 2.24. The number of ether oxygens (including phenoxy) is 1. The van der Waals surface area contributed by atoms with E-state index in [0.717, 1.165) is 23.2 Å². The third-order valence-corrected chi connectivity index (χ3v) is 3.84. The van der Waals surface area contributed by atoms with E-state index in [1.807, 2.05) is 13.8 Å². The van der Waals surface area contributed by atoms with Crippen LogP contribution in [0.1, 0.15) is 45.6 Å². The largest absolute Gasteiger partial charge is 0.478 e. The van der Waals surface area contributed by atoms with Crippen molar-refractivity contribution >= 4 is 5.82 Å². The summed E-state index contributed by atoms with van der Waals surface area (Å²) in [6.45, 7) is 9.29. The van der Waals surface area contributed by atoms with E-state index in [1.54, 1.807) is 6.33 Å². The molecule has 2 unspecified atom stereocenters. The maximum Gasteiger partial charge on any atom is 0.221 e. The molecule has 4 heteroatoms. The maximum absolute atomic E-state index is 5.52. The molecule has 1 saturated carbocycles. The minimum atomic E-state index is 0.516. The Morgan fingerprint density at radius 1 is 1.21 bits per heavy atom. The van der Waals surface area contributed by atoms with Crippen molar-refractivity contribution < 1.29 is 4.74 Å². The van der Waals surface area contributed by atoms with Crippen molar-refractivity contribution in [3.63, 3.8) is 0 Å². The van der Waals surface area contributed by atoms with E-state index in [9.17, 15) is 0 Å². The molecule has 0 amide bonds. The molecule has 1 fully saturated rings. The number of aromatic nitrogens is 2. The quantitative estimate of drug-likeness (QED) is 0.904. The molecule has 0 saturated heterocycles. The molecular formula is C15H25N3O. The number of nitrogens with one attached hydrogen (secondary N) is 1. The lowest BCUT2D eigenvalue weighted by atomic mass is 9.80. The molecule has 1 aliphatic rings. The first kappa shape index (κ1) is 14.1. The molecular weight excluding hydrogens is 238 g/mol. The third-order valence-electron chi connectivity index (χ3n) is 3.84. The highest BCUT2D eigenvalue weighted by Crippen LogP contribution is 2.31. The van der Waals surface area contributed by atoms with Gasteiger partial charge in [-0.25, -0.2) is 9.97 Å². The Kier molecular flexibility index (Phi) is 4.61. The first-order valence-corrected chi connectivity index (χ1v) is 7.31. The summed E-state index contributed by atoms with van der Waals surface area (Å²) < 4.78 is 5.52. The molecule has 4 nitrogen and oxygen atoms in total. The van der Waals surface area contributed by atoms with Crippen LogP contribution in [0.2, 0.25) is 0 Å². The minimum Gasteiger partial charge on any atom is -0.478 e. The van der Waals surface area contributed by atoms with Crippen molar-refractivity contribution in [3.05, 3.63) is 11.9 Å². The van der Waals surface area contributed by atoms with Gasteiger partial charge in [-0.1, -0.05) is 13.8 Å². The van der Waals surface area contributed by atoms with Gasteiger partial charge in [0, 0.05) is 6.04 Å². The summed E-state index contributed by atoms with van der Waals surface area (Å²) in [6, 6.07) is 0.516. The fraction of sp³-hybridized carbons (Fsp3) is 0.733. The molecule has 2 atom stereocenters. The summed E-state index contributed by atoms with van der Waals surface area (Å²) in [6.07, 6.45) is 5.36. The van der Waals surface area contributed by atoms with Crippen molar-refractivity contribution in [1.29, 1.82) is 0 Å². The second-order valence-electron chi connectivity index (χ2n) is 5.84. The number of nitrogens with zero attached hydrogens (tertiary/aromatic N) is 2.